The van der Waals surface area contributed by atoms with Gasteiger partial charge in [-0.1, -0.05) is 23.7 Å². The second-order valence-electron chi connectivity index (χ2n) is 4.88. The number of sulfonamides is 1. The van der Waals surface area contributed by atoms with Crippen molar-refractivity contribution in [1.29, 1.82) is 0 Å². The number of aryl methyl sites for hydroxylation is 2. The number of anilines is 1. The lowest BCUT2D eigenvalue weighted by Crippen LogP contribution is -2.18. The van der Waals surface area contributed by atoms with Crippen LogP contribution in [-0.4, -0.2) is 26.0 Å². The molecule has 0 fully saturated rings. The van der Waals surface area contributed by atoms with Crippen molar-refractivity contribution in [2.75, 3.05) is 11.3 Å². The molecule has 6 nitrogen and oxygen atoms in total. The van der Waals surface area contributed by atoms with E-state index in [0.717, 1.165) is 0 Å². The molecule has 23 heavy (non-hydrogen) atoms. The number of nitrogens with one attached hydrogen (secondary N) is 2. The lowest BCUT2D eigenvalue weighted by atomic mass is 10.2. The van der Waals surface area contributed by atoms with E-state index in [1.54, 1.807) is 45.0 Å². The number of para-hydroxylation sites is 1. The Morgan fingerprint density at radius 2 is 1.91 bits per heavy atom. The van der Waals surface area contributed by atoms with Gasteiger partial charge in [-0.3, -0.25) is 4.72 Å². The lowest BCUT2D eigenvalue weighted by molar-refractivity contribution is 0.0521. The fourth-order valence-electron chi connectivity index (χ4n) is 2.28. The van der Waals surface area contributed by atoms with E-state index in [0.29, 0.717) is 11.4 Å². The van der Waals surface area contributed by atoms with Crippen LogP contribution in [0.5, 0.6) is 0 Å². The van der Waals surface area contributed by atoms with Crippen molar-refractivity contribution < 1.29 is 17.9 Å². The molecule has 0 bridgehead atoms. The van der Waals surface area contributed by atoms with E-state index in [9.17, 15) is 13.2 Å². The van der Waals surface area contributed by atoms with Crippen LogP contribution in [-0.2, 0) is 14.8 Å². The molecule has 124 valence electrons. The summed E-state index contributed by atoms with van der Waals surface area (Å²) < 4.78 is 32.8. The summed E-state index contributed by atoms with van der Waals surface area (Å²) in [5, 5.41) is 0.263. The molecule has 1 heterocycles. The molecule has 0 radical (unpaired) electrons. The molecule has 2 rings (SSSR count). The molecular formula is C15H17ClN2O4S. The molecule has 2 aromatic rings. The van der Waals surface area contributed by atoms with Gasteiger partial charge in [-0.2, -0.15) is 0 Å². The molecule has 0 aliphatic rings. The fraction of sp³-hybridized carbons (Fsp3) is 0.267. The Hall–Kier alpha value is -1.99. The summed E-state index contributed by atoms with van der Waals surface area (Å²) in [5.74, 6) is -0.686. The monoisotopic (exact) mass is 356 g/mol. The highest BCUT2D eigenvalue weighted by atomic mass is 35.5. The third kappa shape index (κ3) is 3.51. The summed E-state index contributed by atoms with van der Waals surface area (Å²) in [6.45, 7) is 5.01. The molecule has 0 aliphatic carbocycles. The van der Waals surface area contributed by atoms with E-state index in [4.69, 9.17) is 16.3 Å². The Balaban J connectivity index is 2.52. The van der Waals surface area contributed by atoms with Gasteiger partial charge < -0.3 is 9.72 Å². The van der Waals surface area contributed by atoms with Gasteiger partial charge in [-0.05, 0) is 32.9 Å². The predicted octanol–water partition coefficient (Wildman–Crippen LogP) is 3.26. The number of hydrogen-bond donors (Lipinski definition) is 2. The molecule has 0 atom stereocenters. The summed E-state index contributed by atoms with van der Waals surface area (Å²) in [4.78, 5) is 14.8. The van der Waals surface area contributed by atoms with Gasteiger partial charge in [-0.15, -0.1) is 0 Å². The maximum Gasteiger partial charge on any atom is 0.341 e. The number of carbonyl (C=O) groups is 1. The Morgan fingerprint density at radius 3 is 2.52 bits per heavy atom. The molecular weight excluding hydrogens is 340 g/mol. The van der Waals surface area contributed by atoms with Crippen molar-refractivity contribution in [3.63, 3.8) is 0 Å². The molecule has 2 N–H and O–H groups in total. The Morgan fingerprint density at radius 1 is 1.26 bits per heavy atom. The van der Waals surface area contributed by atoms with Gasteiger partial charge in [-0.25, -0.2) is 13.2 Å². The SMILES string of the molecule is CCOC(=O)c1c(C)[nH]c(C)c1S(=O)(=O)Nc1ccccc1Cl. The first-order chi connectivity index (χ1) is 10.8. The van der Waals surface area contributed by atoms with Crippen LogP contribution in [0.25, 0.3) is 0 Å². The second kappa shape index (κ2) is 6.64. The van der Waals surface area contributed by atoms with Gasteiger partial charge in [0.2, 0.25) is 0 Å². The fourth-order valence-corrected chi connectivity index (χ4v) is 4.05. The maximum atomic E-state index is 12.7. The summed E-state index contributed by atoms with van der Waals surface area (Å²) in [7, 11) is -4.01. The van der Waals surface area contributed by atoms with E-state index >= 15 is 0 Å². The first-order valence-electron chi connectivity index (χ1n) is 6.91. The van der Waals surface area contributed by atoms with E-state index in [1.807, 2.05) is 0 Å². The van der Waals surface area contributed by atoms with Crippen molar-refractivity contribution >= 4 is 33.3 Å². The molecule has 0 saturated carbocycles. The Labute approximate surface area is 139 Å². The number of esters is 1. The third-order valence-corrected chi connectivity index (χ3v) is 5.05. The Kier molecular flexibility index (Phi) is 5.01. The first kappa shape index (κ1) is 17.4. The molecule has 0 aliphatic heterocycles. The highest BCUT2D eigenvalue weighted by Gasteiger charge is 2.30. The van der Waals surface area contributed by atoms with Crippen LogP contribution in [0, 0.1) is 13.8 Å². The van der Waals surface area contributed by atoms with Gasteiger partial charge in [0, 0.05) is 11.4 Å². The molecule has 1 aromatic carbocycles. The van der Waals surface area contributed by atoms with Crippen molar-refractivity contribution in [3.8, 4) is 0 Å². The minimum Gasteiger partial charge on any atom is -0.462 e. The second-order valence-corrected chi connectivity index (χ2v) is 6.91. The number of aromatic nitrogens is 1. The van der Waals surface area contributed by atoms with Crippen LogP contribution in [0.15, 0.2) is 29.2 Å². The van der Waals surface area contributed by atoms with Gasteiger partial charge in [0.1, 0.15) is 10.5 Å². The number of halogens is 1. The summed E-state index contributed by atoms with van der Waals surface area (Å²) in [6, 6.07) is 6.46. The molecule has 0 amide bonds. The van der Waals surface area contributed by atoms with Crippen LogP contribution in [0.3, 0.4) is 0 Å². The number of aromatic amines is 1. The van der Waals surface area contributed by atoms with Gasteiger partial charge in [0.25, 0.3) is 10.0 Å². The average Bonchev–Trinajstić information content (AvgIpc) is 2.77. The van der Waals surface area contributed by atoms with E-state index < -0.39 is 16.0 Å². The van der Waals surface area contributed by atoms with E-state index in [1.165, 1.54) is 0 Å². The number of benzene rings is 1. The number of ether oxygens (including phenoxy) is 1. The zero-order valence-corrected chi connectivity index (χ0v) is 14.5. The third-order valence-electron chi connectivity index (χ3n) is 3.18. The van der Waals surface area contributed by atoms with Crippen LogP contribution in [0.1, 0.15) is 28.7 Å². The smallest absolute Gasteiger partial charge is 0.341 e. The summed E-state index contributed by atoms with van der Waals surface area (Å²) in [5.41, 5.74) is 1.02. The molecule has 1 aromatic heterocycles. The van der Waals surface area contributed by atoms with Gasteiger partial charge in [0.05, 0.1) is 17.3 Å². The van der Waals surface area contributed by atoms with Crippen molar-refractivity contribution in [2.24, 2.45) is 0 Å². The number of carbonyl (C=O) groups excluding carboxylic acids is 1. The normalized spacial score (nSPS) is 11.3. The zero-order chi connectivity index (χ0) is 17.2. The van der Waals surface area contributed by atoms with Crippen molar-refractivity contribution in [1.82, 2.24) is 4.98 Å². The van der Waals surface area contributed by atoms with Gasteiger partial charge >= 0.3 is 5.97 Å². The minimum absolute atomic E-state index is 0.00361. The molecule has 8 heteroatoms. The van der Waals surface area contributed by atoms with Crippen molar-refractivity contribution in [2.45, 2.75) is 25.7 Å². The quantitative estimate of drug-likeness (QED) is 0.805. The van der Waals surface area contributed by atoms with Crippen LogP contribution in [0.2, 0.25) is 5.02 Å². The van der Waals surface area contributed by atoms with Crippen LogP contribution < -0.4 is 4.72 Å². The molecule has 0 spiro atoms. The van der Waals surface area contributed by atoms with E-state index in [-0.39, 0.29) is 27.8 Å². The van der Waals surface area contributed by atoms with Crippen LogP contribution in [0.4, 0.5) is 5.69 Å². The molecule has 0 unspecified atom stereocenters. The topological polar surface area (TPSA) is 88.3 Å². The Bertz CT molecular complexity index is 843. The predicted molar refractivity (Wildman–Crippen MR) is 88.5 cm³/mol. The average molecular weight is 357 g/mol. The highest BCUT2D eigenvalue weighted by Crippen LogP contribution is 2.29. The largest absolute Gasteiger partial charge is 0.462 e. The van der Waals surface area contributed by atoms with E-state index in [2.05, 4.69) is 9.71 Å². The van der Waals surface area contributed by atoms with Crippen molar-refractivity contribution in [3.05, 3.63) is 46.2 Å². The molecule has 0 saturated heterocycles. The lowest BCUT2D eigenvalue weighted by Gasteiger charge is -2.11. The number of H-pyrrole nitrogens is 1. The summed E-state index contributed by atoms with van der Waals surface area (Å²) >= 11 is 5.99. The highest BCUT2D eigenvalue weighted by molar-refractivity contribution is 7.92. The number of hydrogen-bond acceptors (Lipinski definition) is 4. The van der Waals surface area contributed by atoms with Crippen LogP contribution >= 0.6 is 11.6 Å². The first-order valence-corrected chi connectivity index (χ1v) is 8.77. The standard InChI is InChI=1S/C15H17ClN2O4S/c1-4-22-15(19)13-9(2)17-10(3)14(13)23(20,21)18-12-8-6-5-7-11(12)16/h5-8,17-18H,4H2,1-3H3. The minimum atomic E-state index is -4.01. The van der Waals surface area contributed by atoms with Gasteiger partial charge in [0.15, 0.2) is 0 Å². The maximum absolute atomic E-state index is 12.7. The summed E-state index contributed by atoms with van der Waals surface area (Å²) in [6.07, 6.45) is 0. The zero-order valence-electron chi connectivity index (χ0n) is 12.9. The number of rotatable bonds is 5.